The van der Waals surface area contributed by atoms with Crippen LogP contribution in [-0.2, 0) is 16.0 Å². The Morgan fingerprint density at radius 1 is 1.32 bits per heavy atom. The predicted octanol–water partition coefficient (Wildman–Crippen LogP) is 2.77. The molecule has 1 heterocycles. The fourth-order valence-corrected chi connectivity index (χ4v) is 2.47. The number of benzene rings is 1. The summed E-state index contributed by atoms with van der Waals surface area (Å²) in [5.41, 5.74) is 1.76. The van der Waals surface area contributed by atoms with Crippen LogP contribution in [0.5, 0.6) is 0 Å². The van der Waals surface area contributed by atoms with Gasteiger partial charge in [0.25, 0.3) is 0 Å². The van der Waals surface area contributed by atoms with Crippen molar-refractivity contribution in [2.45, 2.75) is 25.4 Å². The third-order valence-corrected chi connectivity index (χ3v) is 3.63. The molecule has 1 saturated carbocycles. The van der Waals surface area contributed by atoms with Crippen molar-refractivity contribution in [2.75, 3.05) is 7.11 Å². The number of hydrogen-bond donors (Lipinski definition) is 0. The van der Waals surface area contributed by atoms with Crippen molar-refractivity contribution < 1.29 is 9.53 Å². The van der Waals surface area contributed by atoms with Crippen LogP contribution in [0.3, 0.4) is 0 Å². The minimum atomic E-state index is -0.242. The Morgan fingerprint density at radius 3 is 2.84 bits per heavy atom. The molecule has 2 aromatic rings. The number of ketones is 1. The van der Waals surface area contributed by atoms with E-state index in [1.807, 2.05) is 36.4 Å². The van der Waals surface area contributed by atoms with Crippen LogP contribution < -0.4 is 0 Å². The van der Waals surface area contributed by atoms with Crippen LogP contribution in [0.2, 0.25) is 0 Å². The van der Waals surface area contributed by atoms with E-state index < -0.39 is 0 Å². The minimum absolute atomic E-state index is 0.146. The zero-order valence-corrected chi connectivity index (χ0v) is 11.0. The molecule has 0 spiro atoms. The summed E-state index contributed by atoms with van der Waals surface area (Å²) in [5, 5.41) is 1.10. The number of rotatable bonds is 5. The zero-order valence-electron chi connectivity index (χ0n) is 11.0. The normalized spacial score (nSPS) is 16.5. The van der Waals surface area contributed by atoms with E-state index in [1.54, 1.807) is 7.11 Å². The van der Waals surface area contributed by atoms with E-state index in [1.165, 1.54) is 0 Å². The molecule has 0 saturated heterocycles. The van der Waals surface area contributed by atoms with Crippen LogP contribution in [-0.4, -0.2) is 24.0 Å². The lowest BCUT2D eigenvalue weighted by molar-refractivity contribution is -0.129. The van der Waals surface area contributed by atoms with Gasteiger partial charge in [0.2, 0.25) is 0 Å². The Labute approximate surface area is 112 Å². The molecular formula is C16H17NO2. The quantitative estimate of drug-likeness (QED) is 0.824. The second-order valence-electron chi connectivity index (χ2n) is 5.13. The standard InChI is InChI=1S/C16H17NO2/c1-19-16(12-6-7-12)15(18)10-13-9-8-11-4-2-3-5-14(11)17-13/h2-5,8-9,12,16H,6-7,10H2,1H3. The van der Waals surface area contributed by atoms with Crippen molar-refractivity contribution in [3.8, 4) is 0 Å². The molecular weight excluding hydrogens is 238 g/mol. The molecule has 1 aliphatic rings. The van der Waals surface area contributed by atoms with Crippen molar-refractivity contribution in [3.05, 3.63) is 42.1 Å². The molecule has 3 nitrogen and oxygen atoms in total. The molecule has 1 unspecified atom stereocenters. The van der Waals surface area contributed by atoms with Crippen molar-refractivity contribution in [2.24, 2.45) is 5.92 Å². The summed E-state index contributed by atoms with van der Waals surface area (Å²) in [6.07, 6.45) is 2.33. The number of carbonyl (C=O) groups is 1. The Kier molecular flexibility index (Phi) is 3.30. The van der Waals surface area contributed by atoms with Gasteiger partial charge >= 0.3 is 0 Å². The highest BCUT2D eigenvalue weighted by atomic mass is 16.5. The van der Waals surface area contributed by atoms with Gasteiger partial charge in [-0.15, -0.1) is 0 Å². The number of methoxy groups -OCH3 is 1. The number of para-hydroxylation sites is 1. The third kappa shape index (κ3) is 2.66. The molecule has 1 fully saturated rings. The van der Waals surface area contributed by atoms with Crippen LogP contribution in [0.1, 0.15) is 18.5 Å². The molecule has 1 aromatic carbocycles. The van der Waals surface area contributed by atoms with Crippen LogP contribution >= 0.6 is 0 Å². The molecule has 3 heteroatoms. The predicted molar refractivity (Wildman–Crippen MR) is 74.0 cm³/mol. The number of ether oxygens (including phenoxy) is 1. The molecule has 1 aromatic heterocycles. The maximum Gasteiger partial charge on any atom is 0.167 e. The first-order valence-electron chi connectivity index (χ1n) is 6.68. The third-order valence-electron chi connectivity index (χ3n) is 3.63. The first-order valence-corrected chi connectivity index (χ1v) is 6.68. The van der Waals surface area contributed by atoms with Gasteiger partial charge in [-0.05, 0) is 30.9 Å². The van der Waals surface area contributed by atoms with Gasteiger partial charge in [-0.25, -0.2) is 0 Å². The molecule has 98 valence electrons. The van der Waals surface area contributed by atoms with E-state index in [4.69, 9.17) is 4.74 Å². The second kappa shape index (κ2) is 5.10. The molecule has 0 radical (unpaired) electrons. The Bertz CT molecular complexity index is 604. The van der Waals surface area contributed by atoms with Crippen LogP contribution in [0, 0.1) is 5.92 Å². The Balaban J connectivity index is 1.78. The van der Waals surface area contributed by atoms with Gasteiger partial charge in [-0.2, -0.15) is 0 Å². The molecule has 0 N–H and O–H groups in total. The number of fused-ring (bicyclic) bond motifs is 1. The number of nitrogens with zero attached hydrogens (tertiary/aromatic N) is 1. The van der Waals surface area contributed by atoms with Crippen LogP contribution in [0.15, 0.2) is 36.4 Å². The highest BCUT2D eigenvalue weighted by Gasteiger charge is 2.36. The topological polar surface area (TPSA) is 39.2 Å². The lowest BCUT2D eigenvalue weighted by Gasteiger charge is -2.12. The number of aromatic nitrogens is 1. The smallest absolute Gasteiger partial charge is 0.167 e. The van der Waals surface area contributed by atoms with E-state index in [0.717, 1.165) is 29.4 Å². The summed E-state index contributed by atoms with van der Waals surface area (Å²) < 4.78 is 5.32. The molecule has 3 rings (SSSR count). The van der Waals surface area contributed by atoms with Gasteiger partial charge in [0.05, 0.1) is 11.9 Å². The van der Waals surface area contributed by atoms with Crippen molar-refractivity contribution in [1.82, 2.24) is 4.98 Å². The Hall–Kier alpha value is -1.74. The van der Waals surface area contributed by atoms with Crippen LogP contribution in [0.4, 0.5) is 0 Å². The molecule has 19 heavy (non-hydrogen) atoms. The summed E-state index contributed by atoms with van der Waals surface area (Å²) in [7, 11) is 1.62. The lowest BCUT2D eigenvalue weighted by Crippen LogP contribution is -2.27. The van der Waals surface area contributed by atoms with E-state index in [0.29, 0.717) is 12.3 Å². The molecule has 1 atom stereocenters. The average Bonchev–Trinajstić information content (AvgIpc) is 3.24. The van der Waals surface area contributed by atoms with E-state index >= 15 is 0 Å². The summed E-state index contributed by atoms with van der Waals surface area (Å²) >= 11 is 0. The van der Waals surface area contributed by atoms with Gasteiger partial charge in [0, 0.05) is 18.2 Å². The van der Waals surface area contributed by atoms with Gasteiger partial charge in [-0.1, -0.05) is 24.3 Å². The monoisotopic (exact) mass is 255 g/mol. The first kappa shape index (κ1) is 12.3. The van der Waals surface area contributed by atoms with Crippen molar-refractivity contribution in [3.63, 3.8) is 0 Å². The molecule has 0 aliphatic heterocycles. The maximum atomic E-state index is 12.2. The minimum Gasteiger partial charge on any atom is -0.373 e. The highest BCUT2D eigenvalue weighted by Crippen LogP contribution is 2.34. The first-order chi connectivity index (χ1) is 9.28. The van der Waals surface area contributed by atoms with Gasteiger partial charge in [0.1, 0.15) is 6.10 Å². The highest BCUT2D eigenvalue weighted by molar-refractivity contribution is 5.86. The molecule has 0 bridgehead atoms. The number of pyridine rings is 1. The van der Waals surface area contributed by atoms with Crippen molar-refractivity contribution >= 4 is 16.7 Å². The summed E-state index contributed by atoms with van der Waals surface area (Å²) in [4.78, 5) is 16.7. The number of hydrogen-bond acceptors (Lipinski definition) is 3. The van der Waals surface area contributed by atoms with E-state index in [2.05, 4.69) is 4.98 Å². The van der Waals surface area contributed by atoms with E-state index in [9.17, 15) is 4.79 Å². The molecule has 1 aliphatic carbocycles. The number of Topliss-reactive ketones (excluding diaryl/α,β-unsaturated/α-hetero) is 1. The summed E-state index contributed by atoms with van der Waals surface area (Å²) in [6.45, 7) is 0. The molecule has 0 amide bonds. The zero-order chi connectivity index (χ0) is 13.2. The lowest BCUT2D eigenvalue weighted by atomic mass is 10.1. The largest absolute Gasteiger partial charge is 0.373 e. The second-order valence-corrected chi connectivity index (χ2v) is 5.13. The SMILES string of the molecule is COC(C(=O)Cc1ccc2ccccc2n1)C1CC1. The Morgan fingerprint density at radius 2 is 2.11 bits per heavy atom. The van der Waals surface area contributed by atoms with Crippen LogP contribution in [0.25, 0.3) is 10.9 Å². The van der Waals surface area contributed by atoms with Gasteiger partial charge < -0.3 is 4.74 Å². The van der Waals surface area contributed by atoms with E-state index in [-0.39, 0.29) is 11.9 Å². The summed E-state index contributed by atoms with van der Waals surface area (Å²) in [6, 6.07) is 11.9. The van der Waals surface area contributed by atoms with Gasteiger partial charge in [0.15, 0.2) is 5.78 Å². The fourth-order valence-electron chi connectivity index (χ4n) is 2.47. The summed E-state index contributed by atoms with van der Waals surface area (Å²) in [5.74, 6) is 0.575. The average molecular weight is 255 g/mol. The maximum absolute atomic E-state index is 12.2. The number of carbonyl (C=O) groups excluding carboxylic acids is 1. The van der Waals surface area contributed by atoms with Gasteiger partial charge in [-0.3, -0.25) is 9.78 Å². The van der Waals surface area contributed by atoms with Crippen molar-refractivity contribution in [1.29, 1.82) is 0 Å². The fraction of sp³-hybridized carbons (Fsp3) is 0.375.